The van der Waals surface area contributed by atoms with Gasteiger partial charge >= 0.3 is 6.18 Å². The van der Waals surface area contributed by atoms with Crippen LogP contribution in [0.3, 0.4) is 0 Å². The number of carbonyl (C=O) groups excluding carboxylic acids is 1. The summed E-state index contributed by atoms with van der Waals surface area (Å²) in [6, 6.07) is 15.5. The predicted molar refractivity (Wildman–Crippen MR) is 123 cm³/mol. The van der Waals surface area contributed by atoms with E-state index >= 15 is 0 Å². The highest BCUT2D eigenvalue weighted by Crippen LogP contribution is 2.41. The second-order valence-electron chi connectivity index (χ2n) is 7.73. The highest BCUT2D eigenvalue weighted by Gasteiger charge is 2.34. The zero-order valence-corrected chi connectivity index (χ0v) is 19.4. The summed E-state index contributed by atoms with van der Waals surface area (Å²) in [6.07, 6.45) is -3.01. The van der Waals surface area contributed by atoms with Gasteiger partial charge in [-0.2, -0.15) is 13.2 Å². The zero-order chi connectivity index (χ0) is 24.3. The molecular weight excluding hydrogens is 465 g/mol. The number of amides is 1. The quantitative estimate of drug-likeness (QED) is 0.436. The van der Waals surface area contributed by atoms with Crippen LogP contribution in [0.2, 0.25) is 0 Å². The molecule has 178 valence electrons. The van der Waals surface area contributed by atoms with Crippen LogP contribution in [0.4, 0.5) is 13.2 Å². The molecule has 2 aromatic carbocycles. The van der Waals surface area contributed by atoms with E-state index in [9.17, 15) is 18.0 Å². The maximum absolute atomic E-state index is 13.3. The Morgan fingerprint density at radius 3 is 2.41 bits per heavy atom. The molecule has 0 radical (unpaired) electrons. The fourth-order valence-corrected chi connectivity index (χ4v) is 4.79. The number of methoxy groups -OCH3 is 2. The Morgan fingerprint density at radius 1 is 1.09 bits per heavy atom. The van der Waals surface area contributed by atoms with E-state index in [4.69, 9.17) is 9.47 Å². The molecule has 0 saturated carbocycles. The fraction of sp³-hybridized carbons (Fsp3) is 0.280. The van der Waals surface area contributed by atoms with Crippen LogP contribution in [0.1, 0.15) is 28.3 Å². The summed E-state index contributed by atoms with van der Waals surface area (Å²) >= 11 is 1.12. The SMILES string of the molecule is COc1cc2c(cc1OC)C(c1ccccc1)N(C(=O)CSc1ccc(C(F)(F)F)cn1)CC2. The summed E-state index contributed by atoms with van der Waals surface area (Å²) < 4.78 is 49.3. The number of benzene rings is 2. The average Bonchev–Trinajstić information content (AvgIpc) is 2.85. The molecule has 0 fully saturated rings. The lowest BCUT2D eigenvalue weighted by atomic mass is 9.87. The normalized spacial score (nSPS) is 15.6. The lowest BCUT2D eigenvalue weighted by molar-refractivity contribution is -0.138. The highest BCUT2D eigenvalue weighted by atomic mass is 32.2. The van der Waals surface area contributed by atoms with E-state index in [1.807, 2.05) is 42.5 Å². The van der Waals surface area contributed by atoms with Crippen molar-refractivity contribution >= 4 is 17.7 Å². The van der Waals surface area contributed by atoms with E-state index < -0.39 is 11.7 Å². The third-order valence-electron chi connectivity index (χ3n) is 5.72. The minimum atomic E-state index is -4.44. The van der Waals surface area contributed by atoms with Crippen LogP contribution in [0, 0.1) is 0 Å². The van der Waals surface area contributed by atoms with Gasteiger partial charge in [0, 0.05) is 12.7 Å². The van der Waals surface area contributed by atoms with Crippen molar-refractivity contribution in [3.8, 4) is 11.5 Å². The van der Waals surface area contributed by atoms with Crippen molar-refractivity contribution in [1.82, 2.24) is 9.88 Å². The average molecular weight is 489 g/mol. The van der Waals surface area contributed by atoms with Crippen molar-refractivity contribution in [1.29, 1.82) is 0 Å². The van der Waals surface area contributed by atoms with Crippen LogP contribution in [-0.4, -0.2) is 42.3 Å². The Balaban J connectivity index is 1.60. The van der Waals surface area contributed by atoms with Crippen molar-refractivity contribution in [2.45, 2.75) is 23.7 Å². The second-order valence-corrected chi connectivity index (χ2v) is 8.72. The molecule has 0 N–H and O–H groups in total. The fourth-order valence-electron chi connectivity index (χ4n) is 4.06. The number of carbonyl (C=O) groups is 1. The predicted octanol–water partition coefficient (Wildman–Crippen LogP) is 5.38. The second kappa shape index (κ2) is 9.97. The first-order valence-electron chi connectivity index (χ1n) is 10.6. The smallest absolute Gasteiger partial charge is 0.417 e. The molecule has 1 aliphatic heterocycles. The van der Waals surface area contributed by atoms with Crippen molar-refractivity contribution in [3.63, 3.8) is 0 Å². The third-order valence-corrected chi connectivity index (χ3v) is 6.65. The van der Waals surface area contributed by atoms with Crippen molar-refractivity contribution in [2.75, 3.05) is 26.5 Å². The lowest BCUT2D eigenvalue weighted by Crippen LogP contribution is -2.41. The molecule has 3 aromatic rings. The molecule has 1 aromatic heterocycles. The Labute approximate surface area is 199 Å². The molecule has 9 heteroatoms. The molecule has 0 bridgehead atoms. The monoisotopic (exact) mass is 488 g/mol. The first-order valence-corrected chi connectivity index (χ1v) is 11.6. The summed E-state index contributed by atoms with van der Waals surface area (Å²) in [7, 11) is 3.16. The Hall–Kier alpha value is -3.20. The number of pyridine rings is 1. The molecule has 1 unspecified atom stereocenters. The molecule has 4 rings (SSSR count). The van der Waals surface area contributed by atoms with E-state index in [1.54, 1.807) is 19.1 Å². The van der Waals surface area contributed by atoms with Gasteiger partial charge in [0.2, 0.25) is 5.91 Å². The van der Waals surface area contributed by atoms with E-state index in [0.717, 1.165) is 40.7 Å². The van der Waals surface area contributed by atoms with Crippen LogP contribution in [0.15, 0.2) is 65.8 Å². The topological polar surface area (TPSA) is 51.7 Å². The van der Waals surface area contributed by atoms with Crippen molar-refractivity contribution in [2.24, 2.45) is 0 Å². The van der Waals surface area contributed by atoms with Gasteiger partial charge in [-0.3, -0.25) is 4.79 Å². The van der Waals surface area contributed by atoms with E-state index in [0.29, 0.717) is 29.5 Å². The molecule has 0 saturated heterocycles. The molecule has 1 atom stereocenters. The maximum Gasteiger partial charge on any atom is 0.417 e. The summed E-state index contributed by atoms with van der Waals surface area (Å²) in [5.74, 6) is 1.15. The summed E-state index contributed by atoms with van der Waals surface area (Å²) in [4.78, 5) is 19.0. The van der Waals surface area contributed by atoms with Crippen LogP contribution < -0.4 is 9.47 Å². The number of halogens is 3. The number of hydrogen-bond acceptors (Lipinski definition) is 5. The Bertz CT molecular complexity index is 1150. The van der Waals surface area contributed by atoms with Crippen LogP contribution >= 0.6 is 11.8 Å². The van der Waals surface area contributed by atoms with Gasteiger partial charge in [0.15, 0.2) is 11.5 Å². The lowest BCUT2D eigenvalue weighted by Gasteiger charge is -2.38. The number of thioether (sulfide) groups is 1. The molecule has 34 heavy (non-hydrogen) atoms. The number of nitrogens with zero attached hydrogens (tertiary/aromatic N) is 2. The third kappa shape index (κ3) is 4.99. The Kier molecular flexibility index (Phi) is 7.02. The van der Waals surface area contributed by atoms with Gasteiger partial charge in [0.05, 0.1) is 36.6 Å². The number of aromatic nitrogens is 1. The van der Waals surface area contributed by atoms with E-state index in [2.05, 4.69) is 4.98 Å². The van der Waals surface area contributed by atoms with Crippen molar-refractivity contribution < 1.29 is 27.4 Å². The number of ether oxygens (including phenoxy) is 2. The number of rotatable bonds is 6. The van der Waals surface area contributed by atoms with Crippen LogP contribution in [-0.2, 0) is 17.4 Å². The van der Waals surface area contributed by atoms with Gasteiger partial charge in [0.1, 0.15) is 0 Å². The maximum atomic E-state index is 13.3. The standard InChI is InChI=1S/C25H23F3N2O3S/c1-32-20-12-17-10-11-30(23(31)15-34-22-9-8-18(14-29-22)25(26,27)28)24(16-6-4-3-5-7-16)19(17)13-21(20)33-2/h3-9,12-14,24H,10-11,15H2,1-2H3. The summed E-state index contributed by atoms with van der Waals surface area (Å²) in [6.45, 7) is 0.502. The van der Waals surface area contributed by atoms with Crippen LogP contribution in [0.5, 0.6) is 11.5 Å². The minimum absolute atomic E-state index is 0.0598. The number of alkyl halides is 3. The molecule has 1 amide bonds. The zero-order valence-electron chi connectivity index (χ0n) is 18.6. The summed E-state index contributed by atoms with van der Waals surface area (Å²) in [5, 5.41) is 0.362. The molecule has 2 heterocycles. The summed E-state index contributed by atoms with van der Waals surface area (Å²) in [5.41, 5.74) is 2.18. The highest BCUT2D eigenvalue weighted by molar-refractivity contribution is 7.99. The van der Waals surface area contributed by atoms with Gasteiger partial charge in [0.25, 0.3) is 0 Å². The van der Waals surface area contributed by atoms with Gasteiger partial charge < -0.3 is 14.4 Å². The van der Waals surface area contributed by atoms with Crippen LogP contribution in [0.25, 0.3) is 0 Å². The van der Waals surface area contributed by atoms with Gasteiger partial charge in [-0.25, -0.2) is 4.98 Å². The first kappa shape index (κ1) is 23.9. The van der Waals surface area contributed by atoms with Gasteiger partial charge in [-0.1, -0.05) is 42.1 Å². The minimum Gasteiger partial charge on any atom is -0.493 e. The molecule has 0 spiro atoms. The van der Waals surface area contributed by atoms with E-state index in [-0.39, 0.29) is 17.7 Å². The number of hydrogen-bond donors (Lipinski definition) is 0. The van der Waals surface area contributed by atoms with Gasteiger partial charge in [-0.15, -0.1) is 0 Å². The number of fused-ring (bicyclic) bond motifs is 1. The van der Waals surface area contributed by atoms with E-state index in [1.165, 1.54) is 6.07 Å². The molecular formula is C25H23F3N2O3S. The Morgan fingerprint density at radius 2 is 1.79 bits per heavy atom. The van der Waals surface area contributed by atoms with Gasteiger partial charge in [-0.05, 0) is 47.4 Å². The molecule has 5 nitrogen and oxygen atoms in total. The van der Waals surface area contributed by atoms with Crippen molar-refractivity contribution in [3.05, 3.63) is 83.0 Å². The first-order chi connectivity index (χ1) is 16.3. The molecule has 0 aliphatic carbocycles. The molecule has 1 aliphatic rings. The largest absolute Gasteiger partial charge is 0.493 e.